The van der Waals surface area contributed by atoms with E-state index >= 15 is 0 Å². The second-order valence-electron chi connectivity index (χ2n) is 7.77. The second-order valence-corrected chi connectivity index (χ2v) is 7.77. The number of benzene rings is 3. The van der Waals surface area contributed by atoms with Gasteiger partial charge >= 0.3 is 5.97 Å². The third kappa shape index (κ3) is 4.84. The molecule has 32 heavy (non-hydrogen) atoms. The highest BCUT2D eigenvalue weighted by molar-refractivity contribution is 5.93. The van der Waals surface area contributed by atoms with Gasteiger partial charge in [-0.1, -0.05) is 30.3 Å². The van der Waals surface area contributed by atoms with Crippen molar-refractivity contribution in [2.24, 2.45) is 5.73 Å². The monoisotopic (exact) mass is 429 g/mol. The van der Waals surface area contributed by atoms with Crippen LogP contribution in [0.2, 0.25) is 0 Å². The molecule has 0 atom stereocenters. The zero-order valence-electron chi connectivity index (χ0n) is 18.4. The molecular weight excluding hydrogens is 402 g/mol. The van der Waals surface area contributed by atoms with Crippen LogP contribution in [0.3, 0.4) is 0 Å². The first-order valence-corrected chi connectivity index (χ1v) is 10.7. The standard InChI is InChI=1S/C27H27NO4/c1-3-30-26(29)15-22-8-7-18(2)11-25(22)32-17-20-13-23-9-10-31-27(23)24(14-20)21-6-4-5-19(12-21)16-28/h4-14H,3,15-17,28H2,1-2H3. The molecule has 0 unspecified atom stereocenters. The van der Waals surface area contributed by atoms with E-state index in [2.05, 4.69) is 24.3 Å². The highest BCUT2D eigenvalue weighted by Crippen LogP contribution is 2.32. The van der Waals surface area contributed by atoms with Crippen LogP contribution >= 0.6 is 0 Å². The zero-order valence-corrected chi connectivity index (χ0v) is 18.4. The highest BCUT2D eigenvalue weighted by atomic mass is 16.5. The molecule has 164 valence electrons. The Morgan fingerprint density at radius 1 is 1.03 bits per heavy atom. The van der Waals surface area contributed by atoms with Gasteiger partial charge in [-0.15, -0.1) is 0 Å². The summed E-state index contributed by atoms with van der Waals surface area (Å²) in [5.41, 5.74) is 12.7. The zero-order chi connectivity index (χ0) is 22.5. The van der Waals surface area contributed by atoms with E-state index in [0.717, 1.165) is 44.3 Å². The predicted octanol–water partition coefficient (Wildman–Crippen LogP) is 5.55. The van der Waals surface area contributed by atoms with Crippen LogP contribution in [0, 0.1) is 6.92 Å². The summed E-state index contributed by atoms with van der Waals surface area (Å²) in [4.78, 5) is 12.0. The minimum absolute atomic E-state index is 0.182. The molecule has 4 aromatic rings. The van der Waals surface area contributed by atoms with Gasteiger partial charge in [-0.25, -0.2) is 0 Å². The smallest absolute Gasteiger partial charge is 0.310 e. The van der Waals surface area contributed by atoms with Gasteiger partial charge in [0.1, 0.15) is 17.9 Å². The van der Waals surface area contributed by atoms with E-state index < -0.39 is 0 Å². The normalized spacial score (nSPS) is 11.0. The van der Waals surface area contributed by atoms with Crippen molar-refractivity contribution in [2.75, 3.05) is 6.61 Å². The van der Waals surface area contributed by atoms with Gasteiger partial charge in [0.25, 0.3) is 0 Å². The van der Waals surface area contributed by atoms with Gasteiger partial charge in [-0.3, -0.25) is 4.79 Å². The van der Waals surface area contributed by atoms with E-state index in [1.54, 1.807) is 13.2 Å². The van der Waals surface area contributed by atoms with E-state index in [9.17, 15) is 4.79 Å². The maximum atomic E-state index is 12.0. The van der Waals surface area contributed by atoms with Crippen LogP contribution in [0.5, 0.6) is 5.75 Å². The first kappa shape index (κ1) is 21.7. The quantitative estimate of drug-likeness (QED) is 0.372. The fraction of sp³-hybridized carbons (Fsp3) is 0.222. The Bertz CT molecular complexity index is 1240. The van der Waals surface area contributed by atoms with E-state index in [-0.39, 0.29) is 12.4 Å². The molecule has 3 aromatic carbocycles. The number of rotatable bonds is 8. The first-order chi connectivity index (χ1) is 15.6. The lowest BCUT2D eigenvalue weighted by atomic mass is 9.99. The summed E-state index contributed by atoms with van der Waals surface area (Å²) >= 11 is 0. The third-order valence-electron chi connectivity index (χ3n) is 5.34. The molecule has 0 fully saturated rings. The Labute approximate surface area is 187 Å². The molecule has 0 saturated carbocycles. The van der Waals surface area contributed by atoms with Crippen molar-refractivity contribution in [2.45, 2.75) is 33.4 Å². The Morgan fingerprint density at radius 3 is 2.72 bits per heavy atom. The molecule has 1 heterocycles. The van der Waals surface area contributed by atoms with Gasteiger partial charge in [0, 0.05) is 23.1 Å². The lowest BCUT2D eigenvalue weighted by Crippen LogP contribution is -2.09. The number of hydrogen-bond acceptors (Lipinski definition) is 5. The van der Waals surface area contributed by atoms with Crippen LogP contribution in [0.4, 0.5) is 0 Å². The fourth-order valence-corrected chi connectivity index (χ4v) is 3.78. The molecule has 0 bridgehead atoms. The number of carbonyl (C=O) groups excluding carboxylic acids is 1. The van der Waals surface area contributed by atoms with E-state index in [1.165, 1.54) is 0 Å². The molecular formula is C27H27NO4. The molecule has 0 aliphatic rings. The predicted molar refractivity (Wildman–Crippen MR) is 125 cm³/mol. The summed E-state index contributed by atoms with van der Waals surface area (Å²) in [6.07, 6.45) is 1.88. The lowest BCUT2D eigenvalue weighted by molar-refractivity contribution is -0.142. The topological polar surface area (TPSA) is 74.7 Å². The van der Waals surface area contributed by atoms with Gasteiger partial charge in [0.2, 0.25) is 0 Å². The summed E-state index contributed by atoms with van der Waals surface area (Å²) in [7, 11) is 0. The van der Waals surface area contributed by atoms with E-state index in [0.29, 0.717) is 25.5 Å². The number of ether oxygens (including phenoxy) is 2. The number of hydrogen-bond donors (Lipinski definition) is 1. The maximum absolute atomic E-state index is 12.0. The molecule has 0 amide bonds. The fourth-order valence-electron chi connectivity index (χ4n) is 3.78. The van der Waals surface area contributed by atoms with Gasteiger partial charge in [0.15, 0.2) is 0 Å². The van der Waals surface area contributed by atoms with Crippen molar-refractivity contribution in [3.05, 3.63) is 89.2 Å². The van der Waals surface area contributed by atoms with Crippen molar-refractivity contribution in [3.8, 4) is 16.9 Å². The molecule has 0 radical (unpaired) electrons. The Morgan fingerprint density at radius 2 is 1.91 bits per heavy atom. The molecule has 4 rings (SSSR count). The summed E-state index contributed by atoms with van der Waals surface area (Å²) in [5, 5.41) is 1.01. The molecule has 0 aliphatic carbocycles. The van der Waals surface area contributed by atoms with Gasteiger partial charge in [-0.05, 0) is 66.4 Å². The van der Waals surface area contributed by atoms with E-state index in [4.69, 9.17) is 19.6 Å². The summed E-state index contributed by atoms with van der Waals surface area (Å²) in [6.45, 7) is 5.01. The molecule has 5 heteroatoms. The second kappa shape index (κ2) is 9.71. The molecule has 0 aliphatic heterocycles. The number of aryl methyl sites for hydroxylation is 1. The van der Waals surface area contributed by atoms with Crippen LogP contribution in [0.15, 0.2) is 71.3 Å². The van der Waals surface area contributed by atoms with Gasteiger partial charge in [-0.2, -0.15) is 0 Å². The summed E-state index contributed by atoms with van der Waals surface area (Å²) in [6, 6.07) is 20.1. The molecule has 2 N–H and O–H groups in total. The van der Waals surface area contributed by atoms with Crippen LogP contribution in [0.25, 0.3) is 22.1 Å². The van der Waals surface area contributed by atoms with Gasteiger partial charge in [0.05, 0.1) is 19.3 Å². The minimum atomic E-state index is -0.261. The molecule has 5 nitrogen and oxygen atoms in total. The Hall–Kier alpha value is -3.57. The minimum Gasteiger partial charge on any atom is -0.489 e. The maximum Gasteiger partial charge on any atom is 0.310 e. The average Bonchev–Trinajstić information content (AvgIpc) is 3.27. The number of furan rings is 1. The van der Waals surface area contributed by atoms with Crippen LogP contribution in [-0.4, -0.2) is 12.6 Å². The SMILES string of the molecule is CCOC(=O)Cc1ccc(C)cc1OCc1cc(-c2cccc(CN)c2)c2occc2c1. The Kier molecular flexibility index (Phi) is 6.57. The number of carbonyl (C=O) groups is 1. The average molecular weight is 430 g/mol. The summed E-state index contributed by atoms with van der Waals surface area (Å²) < 4.78 is 17.1. The van der Waals surface area contributed by atoms with E-state index in [1.807, 2.05) is 43.3 Å². The van der Waals surface area contributed by atoms with Crippen LogP contribution < -0.4 is 10.5 Å². The summed E-state index contributed by atoms with van der Waals surface area (Å²) in [5.74, 6) is 0.431. The lowest BCUT2D eigenvalue weighted by Gasteiger charge is -2.14. The van der Waals surface area contributed by atoms with Crippen molar-refractivity contribution < 1.29 is 18.7 Å². The third-order valence-corrected chi connectivity index (χ3v) is 5.34. The van der Waals surface area contributed by atoms with Crippen LogP contribution in [0.1, 0.15) is 29.2 Å². The largest absolute Gasteiger partial charge is 0.489 e. The Balaban J connectivity index is 1.63. The highest BCUT2D eigenvalue weighted by Gasteiger charge is 2.13. The van der Waals surface area contributed by atoms with Gasteiger partial charge < -0.3 is 19.6 Å². The van der Waals surface area contributed by atoms with Crippen molar-refractivity contribution >= 4 is 16.9 Å². The molecule has 1 aromatic heterocycles. The molecule has 0 saturated heterocycles. The number of fused-ring (bicyclic) bond motifs is 1. The first-order valence-electron chi connectivity index (χ1n) is 10.7. The van der Waals surface area contributed by atoms with Crippen LogP contribution in [-0.2, 0) is 29.1 Å². The van der Waals surface area contributed by atoms with Crippen molar-refractivity contribution in [1.29, 1.82) is 0 Å². The molecule has 0 spiro atoms. The van der Waals surface area contributed by atoms with Crippen molar-refractivity contribution in [3.63, 3.8) is 0 Å². The number of nitrogens with two attached hydrogens (primary N) is 1. The van der Waals surface area contributed by atoms with Crippen molar-refractivity contribution in [1.82, 2.24) is 0 Å². The number of esters is 1.